The van der Waals surface area contributed by atoms with Crippen LogP contribution in [0.4, 0.5) is 0 Å². The molecule has 3 nitrogen and oxygen atoms in total. The molecule has 0 saturated heterocycles. The van der Waals surface area contributed by atoms with Crippen LogP contribution in [0.3, 0.4) is 0 Å². The Morgan fingerprint density at radius 3 is 1.33 bits per heavy atom. The van der Waals surface area contributed by atoms with Crippen LogP contribution in [0, 0.1) is 13.8 Å². The Balaban J connectivity index is 0. The molecule has 1 radical (unpaired) electrons. The van der Waals surface area contributed by atoms with Gasteiger partial charge in [-0.25, -0.2) is 0 Å². The maximum Gasteiger partial charge on any atom is 2.00 e. The van der Waals surface area contributed by atoms with Gasteiger partial charge in [0.15, 0.2) is 0 Å². The molecule has 0 aliphatic rings. The van der Waals surface area contributed by atoms with Crippen LogP contribution in [0.2, 0.25) is 0 Å². The van der Waals surface area contributed by atoms with Crippen molar-refractivity contribution >= 4 is 0 Å². The summed E-state index contributed by atoms with van der Waals surface area (Å²) in [6, 6.07) is 0. The first kappa shape index (κ1) is 14.9. The predicted octanol–water partition coefficient (Wildman–Crippen LogP) is -0.579. The second-order valence-corrected chi connectivity index (χ2v) is 2.25. The largest absolute Gasteiger partial charge is 2.00 e. The van der Waals surface area contributed by atoms with E-state index in [1.807, 2.05) is 0 Å². The molecule has 12 heavy (non-hydrogen) atoms. The summed E-state index contributed by atoms with van der Waals surface area (Å²) >= 11 is 0. The van der Waals surface area contributed by atoms with Crippen molar-refractivity contribution in [1.29, 1.82) is 0 Å². The smallest absolute Gasteiger partial charge is 0.345 e. The van der Waals surface area contributed by atoms with Gasteiger partial charge in [0.1, 0.15) is 0 Å². The minimum Gasteiger partial charge on any atom is -0.345 e. The van der Waals surface area contributed by atoms with Crippen molar-refractivity contribution in [3.8, 4) is 0 Å². The molecule has 0 atom stereocenters. The van der Waals surface area contributed by atoms with Crippen molar-refractivity contribution in [1.82, 2.24) is 16.0 Å². The summed E-state index contributed by atoms with van der Waals surface area (Å²) in [6.45, 7) is 13.0. The van der Waals surface area contributed by atoms with Crippen LogP contribution >= 0.6 is 0 Å². The van der Waals surface area contributed by atoms with Crippen LogP contribution in [0.15, 0.2) is 0 Å². The first-order valence-corrected chi connectivity index (χ1v) is 4.12. The van der Waals surface area contributed by atoms with Crippen molar-refractivity contribution in [2.24, 2.45) is 0 Å². The number of hydrogen-bond acceptors (Lipinski definition) is 3. The van der Waals surface area contributed by atoms with Crippen LogP contribution < -0.4 is 16.0 Å². The van der Waals surface area contributed by atoms with E-state index < -0.39 is 0 Å². The standard InChI is InChI=1S/C8H19N3.Co/c1-3-9-5-7-11-8-6-10-4-2;/h9-11H,1-8H2;/q-2;+2. The summed E-state index contributed by atoms with van der Waals surface area (Å²) in [4.78, 5) is 0. The zero-order valence-electron chi connectivity index (χ0n) is 7.49. The van der Waals surface area contributed by atoms with E-state index >= 15 is 0 Å². The van der Waals surface area contributed by atoms with Crippen LogP contribution in [0.5, 0.6) is 0 Å². The van der Waals surface area contributed by atoms with Gasteiger partial charge in [-0.2, -0.15) is 0 Å². The molecule has 0 aromatic carbocycles. The molecule has 0 saturated carbocycles. The fourth-order valence-electron chi connectivity index (χ4n) is 0.729. The van der Waals surface area contributed by atoms with Gasteiger partial charge in [0.25, 0.3) is 0 Å². The first-order valence-electron chi connectivity index (χ1n) is 4.12. The van der Waals surface area contributed by atoms with Gasteiger partial charge in [-0.05, 0) is 0 Å². The summed E-state index contributed by atoms with van der Waals surface area (Å²) in [6.07, 6.45) is 0. The molecular formula is C8H19CoN3. The molecule has 0 aromatic rings. The van der Waals surface area contributed by atoms with Gasteiger partial charge < -0.3 is 29.8 Å². The maximum absolute atomic E-state index is 3.67. The monoisotopic (exact) mass is 216 g/mol. The van der Waals surface area contributed by atoms with E-state index in [2.05, 4.69) is 29.8 Å². The van der Waals surface area contributed by atoms with Crippen molar-refractivity contribution in [2.75, 3.05) is 39.3 Å². The Morgan fingerprint density at radius 1 is 0.667 bits per heavy atom. The van der Waals surface area contributed by atoms with E-state index in [1.165, 1.54) is 0 Å². The van der Waals surface area contributed by atoms with Gasteiger partial charge in [0, 0.05) is 26.2 Å². The quantitative estimate of drug-likeness (QED) is 0.375. The molecular weight excluding hydrogens is 197 g/mol. The first-order chi connectivity index (χ1) is 5.41. The minimum absolute atomic E-state index is 0. The summed E-state index contributed by atoms with van der Waals surface area (Å²) in [5, 5.41) is 9.54. The average Bonchev–Trinajstić information content (AvgIpc) is 2.03. The fraction of sp³-hybridized carbons (Fsp3) is 0.750. The van der Waals surface area contributed by atoms with E-state index in [-0.39, 0.29) is 16.8 Å². The normalized spacial score (nSPS) is 9.50. The van der Waals surface area contributed by atoms with Crippen LogP contribution in [-0.2, 0) is 16.8 Å². The van der Waals surface area contributed by atoms with Crippen molar-refractivity contribution in [3.05, 3.63) is 13.8 Å². The van der Waals surface area contributed by atoms with E-state index in [1.54, 1.807) is 0 Å². The van der Waals surface area contributed by atoms with Gasteiger partial charge in [0.05, 0.1) is 0 Å². The van der Waals surface area contributed by atoms with Gasteiger partial charge in [-0.1, -0.05) is 0 Å². The topological polar surface area (TPSA) is 36.1 Å². The summed E-state index contributed by atoms with van der Waals surface area (Å²) in [5.74, 6) is 0. The molecule has 0 heterocycles. The van der Waals surface area contributed by atoms with Crippen LogP contribution in [0.25, 0.3) is 0 Å². The van der Waals surface area contributed by atoms with E-state index in [9.17, 15) is 0 Å². The zero-order valence-corrected chi connectivity index (χ0v) is 8.53. The molecule has 0 spiro atoms. The molecule has 0 bridgehead atoms. The third-order valence-electron chi connectivity index (χ3n) is 1.31. The van der Waals surface area contributed by atoms with E-state index in [0.717, 1.165) is 39.3 Å². The Bertz CT molecular complexity index is 63.3. The molecule has 0 amide bonds. The molecule has 3 N–H and O–H groups in total. The van der Waals surface area contributed by atoms with Crippen molar-refractivity contribution in [2.45, 2.75) is 0 Å². The summed E-state index contributed by atoms with van der Waals surface area (Å²) in [7, 11) is 0. The maximum atomic E-state index is 3.67. The summed E-state index contributed by atoms with van der Waals surface area (Å²) in [5.41, 5.74) is 0. The Morgan fingerprint density at radius 2 is 1.00 bits per heavy atom. The number of hydrogen-bond donors (Lipinski definition) is 3. The van der Waals surface area contributed by atoms with Gasteiger partial charge >= 0.3 is 16.8 Å². The van der Waals surface area contributed by atoms with E-state index in [4.69, 9.17) is 0 Å². The third kappa shape index (κ3) is 13.0. The number of nitrogens with one attached hydrogen (secondary N) is 3. The SMILES string of the molecule is [CH2-]CNCCNCCNC[CH2-].[Co+2]. The molecule has 0 aliphatic carbocycles. The Hall–Kier alpha value is 0.386. The molecule has 0 aromatic heterocycles. The molecule has 0 rings (SSSR count). The average molecular weight is 216 g/mol. The third-order valence-corrected chi connectivity index (χ3v) is 1.31. The van der Waals surface area contributed by atoms with Crippen molar-refractivity contribution < 1.29 is 16.8 Å². The Labute approximate surface area is 86.3 Å². The van der Waals surface area contributed by atoms with Crippen LogP contribution in [0.1, 0.15) is 0 Å². The molecule has 0 fully saturated rings. The molecule has 4 heteroatoms. The molecule has 0 unspecified atom stereocenters. The van der Waals surface area contributed by atoms with Crippen molar-refractivity contribution in [3.63, 3.8) is 0 Å². The fourth-order valence-corrected chi connectivity index (χ4v) is 0.729. The minimum atomic E-state index is 0. The molecule has 75 valence electrons. The van der Waals surface area contributed by atoms with Gasteiger partial charge in [-0.3, -0.25) is 0 Å². The predicted molar refractivity (Wildman–Crippen MR) is 49.3 cm³/mol. The van der Waals surface area contributed by atoms with Crippen LogP contribution in [-0.4, -0.2) is 39.3 Å². The Kier molecular flexibility index (Phi) is 17.3. The van der Waals surface area contributed by atoms with E-state index in [0.29, 0.717) is 0 Å². The second-order valence-electron chi connectivity index (χ2n) is 2.25. The molecule has 0 aliphatic heterocycles. The van der Waals surface area contributed by atoms with Gasteiger partial charge in [-0.15, -0.1) is 13.1 Å². The number of rotatable bonds is 8. The second kappa shape index (κ2) is 13.9. The summed E-state index contributed by atoms with van der Waals surface area (Å²) < 4.78 is 0. The zero-order chi connectivity index (χ0) is 8.36. The van der Waals surface area contributed by atoms with Gasteiger partial charge in [0.2, 0.25) is 0 Å².